The number of furan rings is 1. The summed E-state index contributed by atoms with van der Waals surface area (Å²) < 4.78 is 7.34. The highest BCUT2D eigenvalue weighted by Gasteiger charge is 2.18. The maximum atomic E-state index is 12.4. The molecule has 1 amide bonds. The van der Waals surface area contributed by atoms with E-state index < -0.39 is 4.92 Å². The van der Waals surface area contributed by atoms with Crippen molar-refractivity contribution in [2.45, 2.75) is 11.7 Å². The minimum absolute atomic E-state index is 0.0110. The Morgan fingerprint density at radius 2 is 1.84 bits per heavy atom. The van der Waals surface area contributed by atoms with E-state index in [1.807, 2.05) is 41.0 Å². The van der Waals surface area contributed by atoms with Gasteiger partial charge in [0.05, 0.1) is 23.5 Å². The minimum atomic E-state index is -0.533. The number of aromatic nitrogens is 3. The average molecular weight is 435 g/mol. The lowest BCUT2D eigenvalue weighted by Crippen LogP contribution is -2.15. The lowest BCUT2D eigenvalue weighted by atomic mass is 10.2. The number of nitro benzene ring substituents is 1. The first-order valence-electron chi connectivity index (χ1n) is 9.29. The summed E-state index contributed by atoms with van der Waals surface area (Å²) in [5, 5.41) is 22.8. The fourth-order valence-electron chi connectivity index (χ4n) is 2.95. The predicted octanol–water partition coefficient (Wildman–Crippen LogP) is 4.23. The molecular weight excluding hydrogens is 418 g/mol. The second-order valence-corrected chi connectivity index (χ2v) is 7.39. The van der Waals surface area contributed by atoms with Crippen molar-refractivity contribution in [3.05, 3.63) is 88.9 Å². The molecule has 0 aliphatic carbocycles. The van der Waals surface area contributed by atoms with Gasteiger partial charge in [0.15, 0.2) is 11.0 Å². The van der Waals surface area contributed by atoms with Crippen molar-refractivity contribution in [1.29, 1.82) is 0 Å². The standard InChI is InChI=1S/C21H17N5O4S/c27-19(22-17-10-4-5-11-18(17)26(28)29)14-31-21-24-23-20(15-7-2-1-3-8-15)25(21)13-16-9-6-12-30-16/h1-12H,13-14H2,(H,22,27). The summed E-state index contributed by atoms with van der Waals surface area (Å²) in [6, 6.07) is 19.3. The molecule has 0 saturated carbocycles. The molecule has 2 aromatic heterocycles. The average Bonchev–Trinajstić information content (AvgIpc) is 3.43. The van der Waals surface area contributed by atoms with Crippen LogP contribution in [0.4, 0.5) is 11.4 Å². The Morgan fingerprint density at radius 3 is 2.58 bits per heavy atom. The van der Waals surface area contributed by atoms with E-state index in [1.165, 1.54) is 23.9 Å². The van der Waals surface area contributed by atoms with Crippen LogP contribution in [-0.2, 0) is 11.3 Å². The molecule has 10 heteroatoms. The van der Waals surface area contributed by atoms with Gasteiger partial charge in [0.2, 0.25) is 5.91 Å². The predicted molar refractivity (Wildman–Crippen MR) is 116 cm³/mol. The van der Waals surface area contributed by atoms with E-state index in [-0.39, 0.29) is 23.0 Å². The number of amides is 1. The number of hydrogen-bond acceptors (Lipinski definition) is 7. The Kier molecular flexibility index (Phi) is 6.08. The smallest absolute Gasteiger partial charge is 0.292 e. The molecule has 31 heavy (non-hydrogen) atoms. The third-order valence-electron chi connectivity index (χ3n) is 4.35. The Balaban J connectivity index is 1.52. The molecule has 2 aromatic carbocycles. The van der Waals surface area contributed by atoms with E-state index in [4.69, 9.17) is 4.42 Å². The van der Waals surface area contributed by atoms with Crippen LogP contribution in [0.15, 0.2) is 82.6 Å². The van der Waals surface area contributed by atoms with Gasteiger partial charge in [0.25, 0.3) is 5.69 Å². The summed E-state index contributed by atoms with van der Waals surface area (Å²) in [4.78, 5) is 23.0. The number of benzene rings is 2. The SMILES string of the molecule is O=C(CSc1nnc(-c2ccccc2)n1Cc1ccco1)Nc1ccccc1[N+](=O)[O-]. The fourth-order valence-corrected chi connectivity index (χ4v) is 3.69. The van der Waals surface area contributed by atoms with Crippen LogP contribution in [0.2, 0.25) is 0 Å². The van der Waals surface area contributed by atoms with Gasteiger partial charge >= 0.3 is 0 Å². The summed E-state index contributed by atoms with van der Waals surface area (Å²) in [5.74, 6) is 1.01. The zero-order chi connectivity index (χ0) is 21.6. The highest BCUT2D eigenvalue weighted by molar-refractivity contribution is 7.99. The van der Waals surface area contributed by atoms with Gasteiger partial charge in [0, 0.05) is 11.6 Å². The van der Waals surface area contributed by atoms with Gasteiger partial charge in [-0.2, -0.15) is 0 Å². The van der Waals surface area contributed by atoms with Crippen molar-refractivity contribution in [3.8, 4) is 11.4 Å². The molecule has 0 spiro atoms. The molecule has 0 bridgehead atoms. The van der Waals surface area contributed by atoms with Gasteiger partial charge in [-0.1, -0.05) is 54.2 Å². The van der Waals surface area contributed by atoms with Gasteiger partial charge in [-0.25, -0.2) is 0 Å². The number of hydrogen-bond donors (Lipinski definition) is 1. The second-order valence-electron chi connectivity index (χ2n) is 6.45. The molecule has 1 N–H and O–H groups in total. The van der Waals surface area contributed by atoms with Crippen molar-refractivity contribution < 1.29 is 14.1 Å². The Bertz CT molecular complexity index is 1190. The van der Waals surface area contributed by atoms with Crippen LogP contribution < -0.4 is 5.32 Å². The number of para-hydroxylation sites is 2. The van der Waals surface area contributed by atoms with Crippen LogP contribution >= 0.6 is 11.8 Å². The maximum absolute atomic E-state index is 12.4. The number of carbonyl (C=O) groups excluding carboxylic acids is 1. The summed E-state index contributed by atoms with van der Waals surface area (Å²) >= 11 is 1.19. The number of thioether (sulfide) groups is 1. The summed E-state index contributed by atoms with van der Waals surface area (Å²) in [6.45, 7) is 0.401. The van der Waals surface area contributed by atoms with E-state index >= 15 is 0 Å². The summed E-state index contributed by atoms with van der Waals surface area (Å²) in [5.41, 5.74) is 0.881. The van der Waals surface area contributed by atoms with Crippen LogP contribution in [0.25, 0.3) is 11.4 Å². The molecule has 4 rings (SSSR count). The molecule has 0 aliphatic rings. The van der Waals surface area contributed by atoms with Crippen LogP contribution in [0, 0.1) is 10.1 Å². The van der Waals surface area contributed by atoms with E-state index in [9.17, 15) is 14.9 Å². The zero-order valence-corrected chi connectivity index (χ0v) is 17.0. The molecular formula is C21H17N5O4S. The lowest BCUT2D eigenvalue weighted by molar-refractivity contribution is -0.383. The maximum Gasteiger partial charge on any atom is 0.292 e. The van der Waals surface area contributed by atoms with Crippen LogP contribution in [-0.4, -0.2) is 31.3 Å². The van der Waals surface area contributed by atoms with Crippen LogP contribution in [0.1, 0.15) is 5.76 Å². The molecule has 0 unspecified atom stereocenters. The number of nitrogens with one attached hydrogen (secondary N) is 1. The number of nitro groups is 1. The summed E-state index contributed by atoms with van der Waals surface area (Å²) in [6.07, 6.45) is 1.59. The van der Waals surface area contributed by atoms with Crippen LogP contribution in [0.5, 0.6) is 0 Å². The first kappa shape index (κ1) is 20.4. The molecule has 0 atom stereocenters. The molecule has 0 saturated heterocycles. The van der Waals surface area contributed by atoms with Crippen molar-refractivity contribution in [3.63, 3.8) is 0 Å². The number of nitrogens with zero attached hydrogens (tertiary/aromatic N) is 4. The topological polar surface area (TPSA) is 116 Å². The van der Waals surface area contributed by atoms with E-state index in [2.05, 4.69) is 15.5 Å². The summed E-state index contributed by atoms with van der Waals surface area (Å²) in [7, 11) is 0. The molecule has 0 fully saturated rings. The van der Waals surface area contributed by atoms with Gasteiger partial charge in [-0.15, -0.1) is 10.2 Å². The van der Waals surface area contributed by atoms with Gasteiger partial charge < -0.3 is 9.73 Å². The number of anilines is 1. The molecule has 0 radical (unpaired) electrons. The Hall–Kier alpha value is -3.92. The van der Waals surface area contributed by atoms with Gasteiger partial charge in [-0.05, 0) is 18.2 Å². The number of carbonyl (C=O) groups is 1. The monoisotopic (exact) mass is 435 g/mol. The molecule has 156 valence electrons. The lowest BCUT2D eigenvalue weighted by Gasteiger charge is -2.09. The van der Waals surface area contributed by atoms with E-state index in [0.717, 1.165) is 11.3 Å². The second kappa shape index (κ2) is 9.26. The Labute approximate surface area is 181 Å². The molecule has 4 aromatic rings. The quantitative estimate of drug-likeness (QED) is 0.250. The molecule has 0 aliphatic heterocycles. The van der Waals surface area contributed by atoms with Crippen molar-refractivity contribution in [1.82, 2.24) is 14.8 Å². The van der Waals surface area contributed by atoms with Gasteiger partial charge in [-0.3, -0.25) is 19.5 Å². The first-order chi connectivity index (χ1) is 15.1. The van der Waals surface area contributed by atoms with Crippen molar-refractivity contribution in [2.75, 3.05) is 11.1 Å². The first-order valence-corrected chi connectivity index (χ1v) is 10.3. The van der Waals surface area contributed by atoms with E-state index in [1.54, 1.807) is 24.5 Å². The third-order valence-corrected chi connectivity index (χ3v) is 5.32. The zero-order valence-electron chi connectivity index (χ0n) is 16.2. The van der Waals surface area contributed by atoms with Crippen molar-refractivity contribution in [2.24, 2.45) is 0 Å². The largest absolute Gasteiger partial charge is 0.467 e. The number of rotatable bonds is 8. The van der Waals surface area contributed by atoms with E-state index in [0.29, 0.717) is 17.5 Å². The highest BCUT2D eigenvalue weighted by atomic mass is 32.2. The normalized spacial score (nSPS) is 10.7. The Morgan fingerprint density at radius 1 is 1.06 bits per heavy atom. The highest BCUT2D eigenvalue weighted by Crippen LogP contribution is 2.27. The van der Waals surface area contributed by atoms with Gasteiger partial charge in [0.1, 0.15) is 11.4 Å². The third kappa shape index (κ3) is 4.81. The van der Waals surface area contributed by atoms with Crippen molar-refractivity contribution >= 4 is 29.0 Å². The minimum Gasteiger partial charge on any atom is -0.467 e. The molecule has 2 heterocycles. The molecule has 9 nitrogen and oxygen atoms in total. The fraction of sp³-hybridized carbons (Fsp3) is 0.0952. The van der Waals surface area contributed by atoms with Crippen LogP contribution in [0.3, 0.4) is 0 Å².